The second-order valence-corrected chi connectivity index (χ2v) is 8.56. The van der Waals surface area contributed by atoms with Crippen molar-refractivity contribution in [3.8, 4) is 6.07 Å². The van der Waals surface area contributed by atoms with Gasteiger partial charge in [-0.05, 0) is 69.7 Å². The van der Waals surface area contributed by atoms with Crippen LogP contribution in [0.5, 0.6) is 0 Å². The molecule has 0 spiro atoms. The van der Waals surface area contributed by atoms with Gasteiger partial charge in [0, 0.05) is 36.5 Å². The van der Waals surface area contributed by atoms with E-state index in [4.69, 9.17) is 10.00 Å². The summed E-state index contributed by atoms with van der Waals surface area (Å²) in [4.78, 5) is 17.0. The Bertz CT molecular complexity index is 924. The Morgan fingerprint density at radius 3 is 2.25 bits per heavy atom. The number of hydrogen-bond donors (Lipinski definition) is 0. The van der Waals surface area contributed by atoms with Gasteiger partial charge in [-0.2, -0.15) is 5.26 Å². The third-order valence-corrected chi connectivity index (χ3v) is 5.38. The fourth-order valence-electron chi connectivity index (χ4n) is 4.18. The van der Waals surface area contributed by atoms with Crippen LogP contribution in [0.1, 0.15) is 43.1 Å². The highest BCUT2D eigenvalue weighted by Gasteiger charge is 2.43. The third kappa shape index (κ3) is 3.55. The van der Waals surface area contributed by atoms with Gasteiger partial charge >= 0.3 is 5.97 Å². The molecule has 4 rings (SSSR count). The van der Waals surface area contributed by atoms with Gasteiger partial charge in [0.2, 0.25) is 0 Å². The zero-order chi connectivity index (χ0) is 19.9. The number of carbonyl (C=O) groups excluding carboxylic acids is 1. The highest BCUT2D eigenvalue weighted by molar-refractivity contribution is 5.90. The Balaban J connectivity index is 1.44. The fourth-order valence-corrected chi connectivity index (χ4v) is 4.18. The average molecular weight is 375 g/mol. The molecule has 2 unspecified atom stereocenters. The first-order valence-corrected chi connectivity index (χ1v) is 9.71. The van der Waals surface area contributed by atoms with Crippen molar-refractivity contribution in [2.45, 2.75) is 44.9 Å². The molecule has 2 aromatic rings. The number of carbonyl (C=O) groups is 1. The molecule has 2 aliphatic heterocycles. The van der Waals surface area contributed by atoms with Gasteiger partial charge in [-0.1, -0.05) is 6.07 Å². The van der Waals surface area contributed by atoms with Crippen LogP contribution in [-0.2, 0) is 4.74 Å². The van der Waals surface area contributed by atoms with Crippen molar-refractivity contribution in [1.82, 2.24) is 0 Å². The summed E-state index contributed by atoms with van der Waals surface area (Å²) in [6.45, 7) is 7.52. The quantitative estimate of drug-likeness (QED) is 0.760. The number of nitrogens with zero attached hydrogens (tertiary/aromatic N) is 3. The number of rotatable bonds is 3. The third-order valence-electron chi connectivity index (χ3n) is 5.38. The Hall–Kier alpha value is -3.00. The van der Waals surface area contributed by atoms with Crippen LogP contribution in [0.3, 0.4) is 0 Å². The molecule has 2 aromatic carbocycles. The fraction of sp³-hybridized carbons (Fsp3) is 0.391. The normalized spacial score (nSPS) is 20.9. The van der Waals surface area contributed by atoms with Crippen molar-refractivity contribution in [2.75, 3.05) is 22.9 Å². The standard InChI is InChI=1S/C23H25N3O2/c1-23(2,3)28-22(27)17-7-9-18(10-8-17)25-14-21-12-20(25)15-26(21)19-6-4-5-16(11-19)13-24/h4-11,20-21H,12,14-15H2,1-3H3. The van der Waals surface area contributed by atoms with Crippen molar-refractivity contribution in [2.24, 2.45) is 0 Å². The zero-order valence-electron chi connectivity index (χ0n) is 16.6. The van der Waals surface area contributed by atoms with Crippen molar-refractivity contribution in [3.63, 3.8) is 0 Å². The number of nitriles is 1. The Morgan fingerprint density at radius 2 is 1.68 bits per heavy atom. The molecule has 0 saturated carbocycles. The molecular weight excluding hydrogens is 350 g/mol. The first-order chi connectivity index (χ1) is 13.3. The Kier molecular flexibility index (Phi) is 4.50. The van der Waals surface area contributed by atoms with Crippen LogP contribution >= 0.6 is 0 Å². The molecule has 0 radical (unpaired) electrons. The number of esters is 1. The molecule has 28 heavy (non-hydrogen) atoms. The first-order valence-electron chi connectivity index (χ1n) is 9.71. The minimum atomic E-state index is -0.490. The van der Waals surface area contributed by atoms with Crippen LogP contribution in [0.2, 0.25) is 0 Å². The van der Waals surface area contributed by atoms with E-state index in [9.17, 15) is 4.79 Å². The maximum absolute atomic E-state index is 12.2. The predicted molar refractivity (Wildman–Crippen MR) is 110 cm³/mol. The minimum Gasteiger partial charge on any atom is -0.456 e. The van der Waals surface area contributed by atoms with Crippen LogP contribution in [0.4, 0.5) is 11.4 Å². The van der Waals surface area contributed by atoms with Crippen LogP contribution < -0.4 is 9.80 Å². The number of ether oxygens (including phenoxy) is 1. The van der Waals surface area contributed by atoms with Gasteiger partial charge < -0.3 is 14.5 Å². The smallest absolute Gasteiger partial charge is 0.338 e. The molecule has 2 fully saturated rings. The summed E-state index contributed by atoms with van der Waals surface area (Å²) in [5.41, 5.74) is 3.07. The second kappa shape index (κ2) is 6.87. The summed E-state index contributed by atoms with van der Waals surface area (Å²) in [6.07, 6.45) is 1.12. The highest BCUT2D eigenvalue weighted by Crippen LogP contribution is 2.37. The van der Waals surface area contributed by atoms with E-state index < -0.39 is 5.60 Å². The van der Waals surface area contributed by atoms with Crippen molar-refractivity contribution in [1.29, 1.82) is 5.26 Å². The molecule has 2 bridgehead atoms. The summed E-state index contributed by atoms with van der Waals surface area (Å²) in [5.74, 6) is -0.287. The van der Waals surface area contributed by atoms with Crippen LogP contribution in [0.25, 0.3) is 0 Å². The van der Waals surface area contributed by atoms with E-state index in [-0.39, 0.29) is 5.97 Å². The molecule has 2 aliphatic rings. The van der Waals surface area contributed by atoms with Gasteiger partial charge in [-0.15, -0.1) is 0 Å². The summed E-state index contributed by atoms with van der Waals surface area (Å²) in [7, 11) is 0. The number of fused-ring (bicyclic) bond motifs is 2. The lowest BCUT2D eigenvalue weighted by atomic mass is 10.1. The lowest BCUT2D eigenvalue weighted by molar-refractivity contribution is 0.00695. The molecule has 5 nitrogen and oxygen atoms in total. The number of hydrogen-bond acceptors (Lipinski definition) is 5. The molecular formula is C23H25N3O2. The van der Waals surface area contributed by atoms with Crippen LogP contribution in [0, 0.1) is 11.3 Å². The minimum absolute atomic E-state index is 0.287. The SMILES string of the molecule is CC(C)(C)OC(=O)c1ccc(N2CC3CC2CN3c2cccc(C#N)c2)cc1. The van der Waals surface area contributed by atoms with E-state index in [0.717, 1.165) is 30.9 Å². The van der Waals surface area contributed by atoms with Crippen LogP contribution in [0.15, 0.2) is 48.5 Å². The van der Waals surface area contributed by atoms with Crippen molar-refractivity contribution in [3.05, 3.63) is 59.7 Å². The topological polar surface area (TPSA) is 56.6 Å². The summed E-state index contributed by atoms with van der Waals surface area (Å²) < 4.78 is 5.44. The highest BCUT2D eigenvalue weighted by atomic mass is 16.6. The van der Waals surface area contributed by atoms with Gasteiger partial charge in [0.25, 0.3) is 0 Å². The molecule has 0 amide bonds. The molecule has 2 heterocycles. The summed E-state index contributed by atoms with van der Waals surface area (Å²) in [6, 6.07) is 18.7. The van der Waals surface area contributed by atoms with E-state index in [2.05, 4.69) is 21.9 Å². The Labute approximate surface area is 166 Å². The maximum atomic E-state index is 12.2. The van der Waals surface area contributed by atoms with E-state index in [1.807, 2.05) is 63.2 Å². The number of anilines is 2. The van der Waals surface area contributed by atoms with Gasteiger partial charge in [-0.3, -0.25) is 0 Å². The lowest BCUT2D eigenvalue weighted by Crippen LogP contribution is -2.46. The van der Waals surface area contributed by atoms with Crippen LogP contribution in [-0.4, -0.2) is 36.7 Å². The Morgan fingerprint density at radius 1 is 1.04 bits per heavy atom. The average Bonchev–Trinajstić information content (AvgIpc) is 3.28. The molecule has 144 valence electrons. The van der Waals surface area contributed by atoms with Crippen molar-refractivity contribution < 1.29 is 9.53 Å². The van der Waals surface area contributed by atoms with E-state index in [1.54, 1.807) is 0 Å². The van der Waals surface area contributed by atoms with Gasteiger partial charge in [0.05, 0.1) is 17.2 Å². The molecule has 0 aliphatic carbocycles. The van der Waals surface area contributed by atoms with Crippen molar-refractivity contribution >= 4 is 17.3 Å². The predicted octanol–water partition coefficient (Wildman–Crippen LogP) is 3.98. The molecule has 0 N–H and O–H groups in total. The summed E-state index contributed by atoms with van der Waals surface area (Å²) in [5, 5.41) is 9.14. The lowest BCUT2D eigenvalue weighted by Gasteiger charge is -2.37. The van der Waals surface area contributed by atoms with E-state index >= 15 is 0 Å². The first kappa shape index (κ1) is 18.4. The molecule has 2 saturated heterocycles. The van der Waals surface area contributed by atoms with E-state index in [1.165, 1.54) is 0 Å². The van der Waals surface area contributed by atoms with Gasteiger partial charge in [0.15, 0.2) is 0 Å². The molecule has 5 heteroatoms. The van der Waals surface area contributed by atoms with Gasteiger partial charge in [-0.25, -0.2) is 4.79 Å². The number of piperazine rings is 1. The second-order valence-electron chi connectivity index (χ2n) is 8.56. The molecule has 2 atom stereocenters. The largest absolute Gasteiger partial charge is 0.456 e. The summed E-state index contributed by atoms with van der Waals surface area (Å²) >= 11 is 0. The van der Waals surface area contributed by atoms with Gasteiger partial charge in [0.1, 0.15) is 5.60 Å². The number of benzene rings is 2. The monoisotopic (exact) mass is 375 g/mol. The zero-order valence-corrected chi connectivity index (χ0v) is 16.6. The molecule has 0 aromatic heterocycles. The maximum Gasteiger partial charge on any atom is 0.338 e. The van der Waals surface area contributed by atoms with E-state index in [0.29, 0.717) is 23.2 Å².